The second-order valence-electron chi connectivity index (χ2n) is 5.92. The van der Waals surface area contributed by atoms with Gasteiger partial charge in [0.2, 0.25) is 5.78 Å². The van der Waals surface area contributed by atoms with Crippen LogP contribution in [0.15, 0.2) is 27.7 Å². The molecule has 132 valence electrons. The molecule has 0 unspecified atom stereocenters. The number of halogens is 2. The fourth-order valence-corrected chi connectivity index (χ4v) is 3.46. The lowest BCUT2D eigenvalue weighted by Crippen LogP contribution is -2.26. The van der Waals surface area contributed by atoms with Crippen LogP contribution in [0.5, 0.6) is 11.5 Å². The number of nitrogens with zero attached hydrogens (tertiary/aromatic N) is 1. The average Bonchev–Trinajstić information content (AvgIpc) is 3.13. The van der Waals surface area contributed by atoms with Gasteiger partial charge in [-0.2, -0.15) is 0 Å². The monoisotopic (exact) mass is 371 g/mol. The van der Waals surface area contributed by atoms with Crippen molar-refractivity contribution in [2.45, 2.75) is 29.9 Å². The fourth-order valence-electron chi connectivity index (χ4n) is 2.68. The van der Waals surface area contributed by atoms with Crippen LogP contribution in [0.2, 0.25) is 0 Å². The van der Waals surface area contributed by atoms with Crippen molar-refractivity contribution in [3.8, 4) is 11.5 Å². The first-order valence-electron chi connectivity index (χ1n) is 7.29. The molecule has 25 heavy (non-hydrogen) atoms. The topological polar surface area (TPSA) is 95.7 Å². The van der Waals surface area contributed by atoms with Gasteiger partial charge in [-0.1, -0.05) is 5.16 Å². The molecule has 1 aliphatic heterocycles. The number of carbonyl (C=O) groups is 1. The van der Waals surface area contributed by atoms with Crippen LogP contribution in [0.4, 0.5) is 8.78 Å². The van der Waals surface area contributed by atoms with E-state index < -0.39 is 38.3 Å². The van der Waals surface area contributed by atoms with Crippen LogP contribution in [0, 0.1) is 0 Å². The van der Waals surface area contributed by atoms with Crippen LogP contribution in [0.3, 0.4) is 0 Å². The number of sulfone groups is 1. The summed E-state index contributed by atoms with van der Waals surface area (Å²) in [5.74, 6) is -1.48. The Morgan fingerprint density at radius 1 is 1.20 bits per heavy atom. The number of carbonyl (C=O) groups excluding carboxylic acids is 1. The molecule has 0 radical (unpaired) electrons. The molecule has 0 amide bonds. The number of rotatable bonds is 4. The zero-order valence-corrected chi connectivity index (χ0v) is 13.6. The number of benzene rings is 1. The lowest BCUT2D eigenvalue weighted by Gasteiger charge is -2.07. The summed E-state index contributed by atoms with van der Waals surface area (Å²) in [5.41, 5.74) is -0.111. The van der Waals surface area contributed by atoms with E-state index in [-0.39, 0.29) is 17.0 Å². The van der Waals surface area contributed by atoms with Crippen molar-refractivity contribution in [2.75, 3.05) is 6.26 Å². The molecule has 0 bridgehead atoms. The molecule has 1 aromatic carbocycles. The van der Waals surface area contributed by atoms with Gasteiger partial charge in [0.15, 0.2) is 27.1 Å². The van der Waals surface area contributed by atoms with E-state index in [4.69, 9.17) is 4.52 Å². The van der Waals surface area contributed by atoms with Crippen molar-refractivity contribution in [3.05, 3.63) is 35.2 Å². The molecule has 10 heteroatoms. The number of aromatic nitrogens is 1. The van der Waals surface area contributed by atoms with Crippen LogP contribution >= 0.6 is 0 Å². The van der Waals surface area contributed by atoms with E-state index in [1.54, 1.807) is 0 Å². The van der Waals surface area contributed by atoms with Gasteiger partial charge in [0.25, 0.3) is 0 Å². The van der Waals surface area contributed by atoms with Gasteiger partial charge in [-0.15, -0.1) is 8.78 Å². The van der Waals surface area contributed by atoms with Gasteiger partial charge in [-0.25, -0.2) is 8.42 Å². The molecule has 0 atom stereocenters. The van der Waals surface area contributed by atoms with Gasteiger partial charge in [0, 0.05) is 12.2 Å². The third kappa shape index (κ3) is 2.66. The average molecular weight is 371 g/mol. The normalized spacial score (nSPS) is 18.4. The van der Waals surface area contributed by atoms with Crippen LogP contribution in [-0.4, -0.2) is 31.9 Å². The zero-order valence-electron chi connectivity index (χ0n) is 12.8. The molecule has 2 heterocycles. The molecule has 4 rings (SSSR count). The smallest absolute Gasteiger partial charge is 0.394 e. The summed E-state index contributed by atoms with van der Waals surface area (Å²) in [4.78, 5) is 12.3. The number of hydrogen-bond acceptors (Lipinski definition) is 7. The summed E-state index contributed by atoms with van der Waals surface area (Å²) in [6.07, 6.45) is -0.321. The van der Waals surface area contributed by atoms with Crippen LogP contribution in [-0.2, 0) is 9.84 Å². The Balaban J connectivity index is 1.85. The molecule has 7 nitrogen and oxygen atoms in total. The van der Waals surface area contributed by atoms with Crippen LogP contribution in [0.1, 0.15) is 40.4 Å². The van der Waals surface area contributed by atoms with E-state index in [0.29, 0.717) is 5.76 Å². The van der Waals surface area contributed by atoms with E-state index in [9.17, 15) is 22.0 Å². The molecule has 0 N–H and O–H groups in total. The maximum absolute atomic E-state index is 13.5. The second kappa shape index (κ2) is 5.01. The summed E-state index contributed by atoms with van der Waals surface area (Å²) in [6.45, 7) is 0. The van der Waals surface area contributed by atoms with Gasteiger partial charge in [0.1, 0.15) is 4.90 Å². The highest BCUT2D eigenvalue weighted by atomic mass is 32.2. The highest BCUT2D eigenvalue weighted by molar-refractivity contribution is 7.90. The Morgan fingerprint density at radius 2 is 1.88 bits per heavy atom. The highest BCUT2D eigenvalue weighted by Gasteiger charge is 2.48. The lowest BCUT2D eigenvalue weighted by molar-refractivity contribution is -0.287. The largest absolute Gasteiger partial charge is 0.586 e. The Hall–Kier alpha value is -2.49. The van der Waals surface area contributed by atoms with Gasteiger partial charge < -0.3 is 14.0 Å². The van der Waals surface area contributed by atoms with Gasteiger partial charge in [-0.05, 0) is 25.0 Å². The third-order valence-corrected chi connectivity index (χ3v) is 5.07. The fraction of sp³-hybridized carbons (Fsp3) is 0.333. The predicted octanol–water partition coefficient (Wildman–Crippen LogP) is 2.51. The number of fused-ring (bicyclic) bond motifs is 1. The summed E-state index contributed by atoms with van der Waals surface area (Å²) in [7, 11) is -3.87. The summed E-state index contributed by atoms with van der Waals surface area (Å²) < 4.78 is 64.4. The first kappa shape index (κ1) is 16.0. The number of ketones is 1. The SMILES string of the molecule is CS(=O)(=O)c1ccc(C(=O)c2cnoc2C2CC2)c2c1OC(F)(F)O2. The predicted molar refractivity (Wildman–Crippen MR) is 77.7 cm³/mol. The molecular formula is C15H11F2NO6S. The Kier molecular flexibility index (Phi) is 3.21. The summed E-state index contributed by atoms with van der Waals surface area (Å²) >= 11 is 0. The number of hydrogen-bond donors (Lipinski definition) is 0. The molecule has 1 saturated carbocycles. The zero-order chi connectivity index (χ0) is 18.0. The highest BCUT2D eigenvalue weighted by Crippen LogP contribution is 2.48. The molecule has 0 saturated heterocycles. The van der Waals surface area contributed by atoms with Crippen molar-refractivity contribution in [1.29, 1.82) is 0 Å². The van der Waals surface area contributed by atoms with Crippen molar-refractivity contribution < 1.29 is 36.0 Å². The second-order valence-corrected chi connectivity index (χ2v) is 7.90. The molecule has 1 fully saturated rings. The maximum atomic E-state index is 13.5. The Bertz CT molecular complexity index is 993. The van der Waals surface area contributed by atoms with Gasteiger partial charge >= 0.3 is 6.29 Å². The van der Waals surface area contributed by atoms with Crippen molar-refractivity contribution in [1.82, 2.24) is 5.16 Å². The van der Waals surface area contributed by atoms with E-state index in [0.717, 1.165) is 31.2 Å². The molecule has 1 aromatic heterocycles. The van der Waals surface area contributed by atoms with E-state index in [1.165, 1.54) is 6.20 Å². The van der Waals surface area contributed by atoms with E-state index >= 15 is 0 Å². The first-order valence-corrected chi connectivity index (χ1v) is 9.19. The molecule has 2 aromatic rings. The van der Waals surface area contributed by atoms with Crippen molar-refractivity contribution in [3.63, 3.8) is 0 Å². The van der Waals surface area contributed by atoms with Crippen molar-refractivity contribution >= 4 is 15.6 Å². The lowest BCUT2D eigenvalue weighted by atomic mass is 10.0. The summed E-state index contributed by atoms with van der Waals surface area (Å²) in [5, 5.41) is 3.60. The quantitative estimate of drug-likeness (QED) is 0.762. The van der Waals surface area contributed by atoms with Gasteiger partial charge in [-0.3, -0.25) is 4.79 Å². The van der Waals surface area contributed by atoms with Crippen LogP contribution < -0.4 is 9.47 Å². The number of ether oxygens (including phenoxy) is 2. The van der Waals surface area contributed by atoms with E-state index in [1.807, 2.05) is 0 Å². The minimum Gasteiger partial charge on any atom is -0.394 e. The number of alkyl halides is 2. The Morgan fingerprint density at radius 3 is 2.52 bits per heavy atom. The molecule has 0 spiro atoms. The van der Waals surface area contributed by atoms with Crippen LogP contribution in [0.25, 0.3) is 0 Å². The minimum absolute atomic E-state index is 0.0726. The van der Waals surface area contributed by atoms with E-state index in [2.05, 4.69) is 14.6 Å². The standard InChI is InChI=1S/C15H11F2NO6S/c1-25(20,21)10-5-4-8(13-14(10)23-15(16,17)22-13)11(19)9-6-18-24-12(9)7-2-3-7/h4-7H,2-3H2,1H3. The maximum Gasteiger partial charge on any atom is 0.586 e. The van der Waals surface area contributed by atoms with Gasteiger partial charge in [0.05, 0.1) is 17.3 Å². The molecule has 1 aliphatic carbocycles. The molecular weight excluding hydrogens is 360 g/mol. The first-order chi connectivity index (χ1) is 11.7. The third-order valence-electron chi connectivity index (χ3n) is 3.95. The van der Waals surface area contributed by atoms with Crippen molar-refractivity contribution in [2.24, 2.45) is 0 Å². The minimum atomic E-state index is -4.06. The molecule has 2 aliphatic rings. The summed E-state index contributed by atoms with van der Waals surface area (Å²) in [6, 6.07) is 2.16. The Labute approximate surface area is 140 Å².